The van der Waals surface area contributed by atoms with Crippen LogP contribution < -0.4 is 0 Å². The molecule has 0 atom stereocenters. The van der Waals surface area contributed by atoms with Gasteiger partial charge in [-0.05, 0) is 194 Å². The van der Waals surface area contributed by atoms with Crippen molar-refractivity contribution < 1.29 is 0 Å². The normalized spacial score (nSPS) is 12.0. The Bertz CT molecular complexity index is 6690. The lowest BCUT2D eigenvalue weighted by Gasteiger charge is -2.14. The number of hydrogen-bond acceptors (Lipinski definition) is 3. The first kappa shape index (κ1) is 58.7. The summed E-state index contributed by atoms with van der Waals surface area (Å²) in [6.45, 7) is 0. The molecular formula is C99H60N6. The highest BCUT2D eigenvalue weighted by atomic mass is 15.2. The number of hydrogen-bond donors (Lipinski definition) is 0. The van der Waals surface area contributed by atoms with E-state index >= 15 is 0 Å². The lowest BCUT2D eigenvalue weighted by atomic mass is 9.95. The number of rotatable bonds is 9. The molecular weight excluding hydrogens is 1270 g/mol. The maximum atomic E-state index is 5.65. The van der Waals surface area contributed by atoms with Gasteiger partial charge in [-0.25, -0.2) is 4.98 Å². The van der Waals surface area contributed by atoms with Crippen LogP contribution >= 0.6 is 0 Å². The summed E-state index contributed by atoms with van der Waals surface area (Å²) in [5.74, 6) is 1.71. The predicted octanol–water partition coefficient (Wildman–Crippen LogP) is 26.1. The smallest absolute Gasteiger partial charge is 0.238 e. The van der Waals surface area contributed by atoms with Crippen LogP contribution in [0.1, 0.15) is 0 Å². The highest BCUT2D eigenvalue weighted by molar-refractivity contribution is 6.17. The van der Waals surface area contributed by atoms with Crippen molar-refractivity contribution in [3.63, 3.8) is 0 Å². The Morgan fingerprint density at radius 1 is 0.162 bits per heavy atom. The second-order valence-corrected chi connectivity index (χ2v) is 27.8. The average molecular weight is 1330 g/mol. The van der Waals surface area contributed by atoms with Gasteiger partial charge in [0.2, 0.25) is 5.95 Å². The fraction of sp³-hybridized carbons (Fsp3) is 0. The van der Waals surface area contributed by atoms with Crippen molar-refractivity contribution in [3.05, 3.63) is 364 Å². The van der Waals surface area contributed by atoms with Crippen LogP contribution in [0.3, 0.4) is 0 Å². The molecule has 0 radical (unpaired) electrons. The summed E-state index contributed by atoms with van der Waals surface area (Å²) in [5, 5.41) is 20.9. The van der Waals surface area contributed by atoms with Crippen molar-refractivity contribution in [2.45, 2.75) is 0 Å². The van der Waals surface area contributed by atoms with Gasteiger partial charge in [-0.15, -0.1) is 0 Å². The Morgan fingerprint density at radius 2 is 0.390 bits per heavy atom. The van der Waals surface area contributed by atoms with E-state index in [1.165, 1.54) is 109 Å². The van der Waals surface area contributed by atoms with Crippen molar-refractivity contribution >= 4 is 130 Å². The molecule has 0 spiro atoms. The minimum Gasteiger partial charge on any atom is -0.309 e. The van der Waals surface area contributed by atoms with Gasteiger partial charge in [-0.1, -0.05) is 279 Å². The van der Waals surface area contributed by atoms with Gasteiger partial charge in [0.15, 0.2) is 11.6 Å². The minimum absolute atomic E-state index is 0.522. The van der Waals surface area contributed by atoms with Gasteiger partial charge >= 0.3 is 0 Å². The van der Waals surface area contributed by atoms with Gasteiger partial charge in [0.05, 0.1) is 33.1 Å². The van der Waals surface area contributed by atoms with Crippen molar-refractivity contribution in [3.8, 4) is 84.6 Å². The number of benzene rings is 18. The highest BCUT2D eigenvalue weighted by Gasteiger charge is 2.25. The molecule has 0 bridgehead atoms. The molecule has 0 saturated carbocycles. The van der Waals surface area contributed by atoms with Crippen LogP contribution in [0.15, 0.2) is 364 Å². The predicted molar refractivity (Wildman–Crippen MR) is 440 cm³/mol. The fourth-order valence-corrected chi connectivity index (χ4v) is 17.2. The lowest BCUT2D eigenvalue weighted by Crippen LogP contribution is -2.07. The summed E-state index contributed by atoms with van der Waals surface area (Å²) in [4.78, 5) is 16.8. The Morgan fingerprint density at radius 3 is 0.686 bits per heavy atom. The van der Waals surface area contributed by atoms with Gasteiger partial charge in [0.1, 0.15) is 0 Å². The second kappa shape index (κ2) is 23.2. The van der Waals surface area contributed by atoms with Gasteiger partial charge in [0, 0.05) is 54.8 Å². The standard InChI is InChI=1S/C99H60N6/c1-7-31-73-61(19-1)25-13-37-79(73)67-43-49-91-85(55-67)86-56-68(80-38-14-26-62-20-2-8-32-74(62)80)44-50-92(86)103(91)71-47-53-95-89(59-71)90-60-72(48-54-96(90)105(95)99-101-97(83-41-17-29-65-23-5-11-35-77(65)83)100-98(102-99)84-42-18-30-66-24-6-12-36-78(66)84)104-93-51-45-69(81-39-15-27-63-21-3-9-33-75(63)81)57-87(93)88-58-70(46-52-94(88)104)82-40-16-28-64-22-4-10-34-76(64)82/h1-60H. The summed E-state index contributed by atoms with van der Waals surface area (Å²) in [6, 6.07) is 134. The maximum Gasteiger partial charge on any atom is 0.238 e. The van der Waals surface area contributed by atoms with Crippen LogP contribution in [-0.2, 0) is 0 Å². The molecule has 0 saturated heterocycles. The van der Waals surface area contributed by atoms with E-state index in [9.17, 15) is 0 Å². The Balaban J connectivity index is 0.817. The van der Waals surface area contributed by atoms with Gasteiger partial charge < -0.3 is 9.13 Å². The first-order chi connectivity index (χ1) is 52.0. The third-order valence-corrected chi connectivity index (χ3v) is 22.1. The molecule has 6 nitrogen and oxygen atoms in total. The summed E-state index contributed by atoms with van der Waals surface area (Å²) >= 11 is 0. The van der Waals surface area contributed by atoms with Crippen LogP contribution in [0.25, 0.3) is 215 Å². The van der Waals surface area contributed by atoms with Crippen molar-refractivity contribution in [2.75, 3.05) is 0 Å². The molecule has 6 heteroatoms. The maximum absolute atomic E-state index is 5.65. The number of fused-ring (bicyclic) bond motifs is 15. The van der Waals surface area contributed by atoms with Gasteiger partial charge in [-0.3, -0.25) is 4.57 Å². The lowest BCUT2D eigenvalue weighted by molar-refractivity contribution is 0.955. The molecule has 4 aromatic heterocycles. The molecule has 22 aromatic rings. The molecule has 0 unspecified atom stereocenters. The van der Waals surface area contributed by atoms with Gasteiger partial charge in [0.25, 0.3) is 0 Å². The first-order valence-corrected chi connectivity index (χ1v) is 36.0. The topological polar surface area (TPSA) is 53.5 Å². The molecule has 4 heterocycles. The van der Waals surface area contributed by atoms with E-state index in [4.69, 9.17) is 15.0 Å². The van der Waals surface area contributed by atoms with Crippen molar-refractivity contribution in [2.24, 2.45) is 0 Å². The molecule has 0 aliphatic rings. The molecule has 0 amide bonds. The summed E-state index contributed by atoms with van der Waals surface area (Å²) < 4.78 is 7.23. The molecule has 0 aliphatic heterocycles. The zero-order chi connectivity index (χ0) is 68.8. The molecule has 486 valence electrons. The molecule has 22 rings (SSSR count). The van der Waals surface area contributed by atoms with Crippen molar-refractivity contribution in [1.82, 2.24) is 28.7 Å². The largest absolute Gasteiger partial charge is 0.309 e. The Hall–Kier alpha value is -14.1. The molecule has 0 N–H and O–H groups in total. The zero-order valence-electron chi connectivity index (χ0n) is 56.8. The van der Waals surface area contributed by atoms with E-state index in [0.717, 1.165) is 87.9 Å². The van der Waals surface area contributed by atoms with Crippen LogP contribution in [0.4, 0.5) is 0 Å². The van der Waals surface area contributed by atoms with E-state index in [-0.39, 0.29) is 0 Å². The Labute approximate surface area is 603 Å². The van der Waals surface area contributed by atoms with E-state index in [1.54, 1.807) is 0 Å². The number of nitrogens with zero attached hydrogens (tertiary/aromatic N) is 6. The quantitative estimate of drug-likeness (QED) is 0.145. The first-order valence-electron chi connectivity index (χ1n) is 36.0. The Kier molecular flexibility index (Phi) is 13.0. The molecule has 0 aliphatic carbocycles. The van der Waals surface area contributed by atoms with Gasteiger partial charge in [-0.2, -0.15) is 9.97 Å². The van der Waals surface area contributed by atoms with E-state index in [1.807, 2.05) is 0 Å². The summed E-state index contributed by atoms with van der Waals surface area (Å²) in [5.41, 5.74) is 19.8. The summed E-state index contributed by atoms with van der Waals surface area (Å²) in [6.07, 6.45) is 0. The highest BCUT2D eigenvalue weighted by Crippen LogP contribution is 2.46. The third kappa shape index (κ3) is 9.27. The van der Waals surface area contributed by atoms with Crippen molar-refractivity contribution in [1.29, 1.82) is 0 Å². The average Bonchev–Trinajstić information content (AvgIpc) is 1.57. The second-order valence-electron chi connectivity index (χ2n) is 27.8. The number of aromatic nitrogens is 6. The van der Waals surface area contributed by atoms with Crippen LogP contribution in [0.2, 0.25) is 0 Å². The third-order valence-electron chi connectivity index (χ3n) is 22.1. The zero-order valence-corrected chi connectivity index (χ0v) is 56.8. The minimum atomic E-state index is 0.522. The van der Waals surface area contributed by atoms with E-state index < -0.39 is 0 Å². The summed E-state index contributed by atoms with van der Waals surface area (Å²) in [7, 11) is 0. The monoisotopic (exact) mass is 1330 g/mol. The van der Waals surface area contributed by atoms with E-state index in [2.05, 4.69) is 378 Å². The SMILES string of the molecule is c1ccc2c(-c3ccc4c(c3)c3cc(-c5cccc6ccccc56)ccc3n4-c3ccc4c(c3)c3cc(-n5c6ccc(-c7cccc8ccccc78)cc6c6cc(-c7cccc8ccccc78)ccc65)ccc3n4-c3nc(-c4cccc5ccccc45)nc(-c4cccc5ccccc45)n3)cccc2c1. The molecule has 105 heavy (non-hydrogen) atoms. The van der Waals surface area contributed by atoms with Crippen LogP contribution in [-0.4, -0.2) is 28.7 Å². The van der Waals surface area contributed by atoms with Crippen LogP contribution in [0, 0.1) is 0 Å². The molecule has 18 aromatic carbocycles. The fourth-order valence-electron chi connectivity index (χ4n) is 17.2. The van der Waals surface area contributed by atoms with Crippen LogP contribution in [0.5, 0.6) is 0 Å². The van der Waals surface area contributed by atoms with E-state index in [0.29, 0.717) is 17.6 Å². The molecule has 0 fully saturated rings.